The molecule has 2 unspecified atom stereocenters. The number of hydrogen-bond acceptors (Lipinski definition) is 2. The van der Waals surface area contributed by atoms with Crippen molar-refractivity contribution in [2.75, 3.05) is 6.54 Å². The van der Waals surface area contributed by atoms with Crippen LogP contribution in [0.5, 0.6) is 0 Å². The molecule has 14 heavy (non-hydrogen) atoms. The molecule has 0 spiro atoms. The summed E-state index contributed by atoms with van der Waals surface area (Å²) in [6.45, 7) is 5.08. The average molecular weight is 192 g/mol. The number of rotatable bonds is 1. The molecule has 2 rings (SSSR count). The van der Waals surface area contributed by atoms with Crippen LogP contribution in [-0.4, -0.2) is 23.4 Å². The zero-order valence-corrected chi connectivity index (χ0v) is 8.79. The van der Waals surface area contributed by atoms with Gasteiger partial charge in [-0.1, -0.05) is 6.92 Å². The Morgan fingerprint density at radius 1 is 1.50 bits per heavy atom. The van der Waals surface area contributed by atoms with Crippen molar-refractivity contribution in [3.63, 3.8) is 0 Å². The van der Waals surface area contributed by atoms with E-state index in [2.05, 4.69) is 19.9 Å². The van der Waals surface area contributed by atoms with Crippen LogP contribution in [0.25, 0.3) is 0 Å². The lowest BCUT2D eigenvalue weighted by atomic mass is 10.1. The highest BCUT2D eigenvalue weighted by Crippen LogP contribution is 2.47. The van der Waals surface area contributed by atoms with Gasteiger partial charge in [-0.25, -0.2) is 0 Å². The second kappa shape index (κ2) is 2.98. The Morgan fingerprint density at radius 2 is 2.14 bits per heavy atom. The van der Waals surface area contributed by atoms with E-state index >= 15 is 0 Å². The van der Waals surface area contributed by atoms with E-state index < -0.39 is 5.41 Å². The molecule has 3 heteroatoms. The molecule has 1 amide bonds. The first kappa shape index (κ1) is 9.51. The van der Waals surface area contributed by atoms with Crippen molar-refractivity contribution in [2.24, 2.45) is 11.3 Å². The molecule has 0 N–H and O–H groups in total. The molecule has 0 aromatic rings. The Bertz CT molecular complexity index is 301. The Labute approximate surface area is 84.7 Å². The van der Waals surface area contributed by atoms with E-state index in [1.54, 1.807) is 0 Å². The summed E-state index contributed by atoms with van der Waals surface area (Å²) in [5.41, 5.74) is -0.627. The highest BCUT2D eigenvalue weighted by atomic mass is 16.2. The lowest BCUT2D eigenvalue weighted by Gasteiger charge is -2.23. The van der Waals surface area contributed by atoms with Gasteiger partial charge in [-0.3, -0.25) is 4.79 Å². The molecule has 3 nitrogen and oxygen atoms in total. The van der Waals surface area contributed by atoms with E-state index in [9.17, 15) is 4.79 Å². The molecule has 76 valence electrons. The van der Waals surface area contributed by atoms with Crippen molar-refractivity contribution >= 4 is 5.91 Å². The number of amides is 1. The summed E-state index contributed by atoms with van der Waals surface area (Å²) in [5.74, 6) is 0.667. The molecule has 1 saturated carbocycles. The minimum Gasteiger partial charge on any atom is -0.338 e. The molecule has 2 atom stereocenters. The molecule has 1 heterocycles. The Kier molecular flexibility index (Phi) is 2.02. The zero-order valence-electron chi connectivity index (χ0n) is 8.79. The second-order valence-corrected chi connectivity index (χ2v) is 4.84. The van der Waals surface area contributed by atoms with Crippen molar-refractivity contribution < 1.29 is 4.79 Å². The normalized spacial score (nSPS) is 33.9. The number of nitriles is 1. The van der Waals surface area contributed by atoms with Gasteiger partial charge >= 0.3 is 0 Å². The number of nitrogens with zero attached hydrogens (tertiary/aromatic N) is 2. The molecular weight excluding hydrogens is 176 g/mol. The largest absolute Gasteiger partial charge is 0.338 e. The van der Waals surface area contributed by atoms with Crippen LogP contribution in [0.1, 0.15) is 33.1 Å². The maximum absolute atomic E-state index is 12.0. The summed E-state index contributed by atoms with van der Waals surface area (Å²) >= 11 is 0. The monoisotopic (exact) mass is 192 g/mol. The van der Waals surface area contributed by atoms with Crippen molar-refractivity contribution in [1.82, 2.24) is 4.90 Å². The molecule has 1 aliphatic heterocycles. The Hall–Kier alpha value is -1.04. The van der Waals surface area contributed by atoms with Gasteiger partial charge in [0.15, 0.2) is 0 Å². The SMILES string of the molecule is CC1CC(C)N(C(=O)C2(C#N)CC2)C1. The third-order valence-electron chi connectivity index (χ3n) is 3.42. The maximum atomic E-state index is 12.0. The summed E-state index contributed by atoms with van der Waals surface area (Å²) < 4.78 is 0. The van der Waals surface area contributed by atoms with Crippen LogP contribution >= 0.6 is 0 Å². The van der Waals surface area contributed by atoms with E-state index in [4.69, 9.17) is 5.26 Å². The number of hydrogen-bond donors (Lipinski definition) is 0. The van der Waals surface area contributed by atoms with Crippen LogP contribution in [0.3, 0.4) is 0 Å². The van der Waals surface area contributed by atoms with Crippen molar-refractivity contribution in [3.8, 4) is 6.07 Å². The summed E-state index contributed by atoms with van der Waals surface area (Å²) in [6.07, 6.45) is 2.60. The van der Waals surface area contributed by atoms with Crippen LogP contribution in [0.2, 0.25) is 0 Å². The van der Waals surface area contributed by atoms with Crippen molar-refractivity contribution in [3.05, 3.63) is 0 Å². The first-order valence-corrected chi connectivity index (χ1v) is 5.31. The lowest BCUT2D eigenvalue weighted by molar-refractivity contribution is -0.135. The van der Waals surface area contributed by atoms with Crippen molar-refractivity contribution in [2.45, 2.75) is 39.2 Å². The number of carbonyl (C=O) groups is 1. The summed E-state index contributed by atoms with van der Waals surface area (Å²) in [5, 5.41) is 8.94. The highest BCUT2D eigenvalue weighted by molar-refractivity contribution is 5.88. The first-order chi connectivity index (χ1) is 6.59. The van der Waals surface area contributed by atoms with E-state index in [0.29, 0.717) is 12.0 Å². The van der Waals surface area contributed by atoms with Crippen LogP contribution in [-0.2, 0) is 4.79 Å². The molecule has 0 aromatic carbocycles. The summed E-state index contributed by atoms with van der Waals surface area (Å²) in [7, 11) is 0. The van der Waals surface area contributed by atoms with E-state index in [0.717, 1.165) is 25.8 Å². The van der Waals surface area contributed by atoms with Gasteiger partial charge in [0.05, 0.1) is 6.07 Å². The predicted octanol–water partition coefficient (Wildman–Crippen LogP) is 1.55. The fraction of sp³-hybridized carbons (Fsp3) is 0.818. The van der Waals surface area contributed by atoms with Gasteiger partial charge in [0.25, 0.3) is 0 Å². The van der Waals surface area contributed by atoms with Crippen LogP contribution in [0, 0.1) is 22.7 Å². The number of carbonyl (C=O) groups excluding carboxylic acids is 1. The van der Waals surface area contributed by atoms with Crippen LogP contribution in [0.4, 0.5) is 0 Å². The van der Waals surface area contributed by atoms with Gasteiger partial charge in [-0.05, 0) is 32.1 Å². The third kappa shape index (κ3) is 1.30. The fourth-order valence-corrected chi connectivity index (χ4v) is 2.36. The maximum Gasteiger partial charge on any atom is 0.243 e. The van der Waals surface area contributed by atoms with E-state index in [1.165, 1.54) is 0 Å². The summed E-state index contributed by atoms with van der Waals surface area (Å²) in [6, 6.07) is 2.50. The highest BCUT2D eigenvalue weighted by Gasteiger charge is 2.54. The van der Waals surface area contributed by atoms with Gasteiger partial charge in [-0.2, -0.15) is 5.26 Å². The zero-order chi connectivity index (χ0) is 10.3. The predicted molar refractivity (Wildman–Crippen MR) is 52.2 cm³/mol. The molecule has 1 saturated heterocycles. The minimum atomic E-state index is -0.627. The third-order valence-corrected chi connectivity index (χ3v) is 3.42. The Morgan fingerprint density at radius 3 is 2.50 bits per heavy atom. The Balaban J connectivity index is 2.10. The fourth-order valence-electron chi connectivity index (χ4n) is 2.36. The molecule has 2 fully saturated rings. The smallest absolute Gasteiger partial charge is 0.243 e. The van der Waals surface area contributed by atoms with Gasteiger partial charge in [0.1, 0.15) is 5.41 Å². The molecular formula is C11H16N2O. The quantitative estimate of drug-likeness (QED) is 0.632. The van der Waals surface area contributed by atoms with E-state index in [-0.39, 0.29) is 5.91 Å². The van der Waals surface area contributed by atoms with Gasteiger partial charge in [0, 0.05) is 12.6 Å². The average Bonchev–Trinajstić information content (AvgIpc) is 2.87. The van der Waals surface area contributed by atoms with Gasteiger partial charge < -0.3 is 4.90 Å². The minimum absolute atomic E-state index is 0.0804. The topological polar surface area (TPSA) is 44.1 Å². The summed E-state index contributed by atoms with van der Waals surface area (Å²) in [4.78, 5) is 13.9. The molecule has 0 aromatic heterocycles. The van der Waals surface area contributed by atoms with Crippen molar-refractivity contribution in [1.29, 1.82) is 5.26 Å². The standard InChI is InChI=1S/C11H16N2O/c1-8-5-9(2)13(6-8)10(14)11(7-12)3-4-11/h8-9H,3-6H2,1-2H3. The van der Waals surface area contributed by atoms with Crippen LogP contribution < -0.4 is 0 Å². The van der Waals surface area contributed by atoms with Gasteiger partial charge in [0.2, 0.25) is 5.91 Å². The van der Waals surface area contributed by atoms with Crippen LogP contribution in [0.15, 0.2) is 0 Å². The molecule has 0 radical (unpaired) electrons. The molecule has 2 aliphatic rings. The lowest BCUT2D eigenvalue weighted by Crippen LogP contribution is -2.39. The molecule has 0 bridgehead atoms. The van der Waals surface area contributed by atoms with Gasteiger partial charge in [-0.15, -0.1) is 0 Å². The second-order valence-electron chi connectivity index (χ2n) is 4.84. The molecule has 1 aliphatic carbocycles. The first-order valence-electron chi connectivity index (χ1n) is 5.31. The van der Waals surface area contributed by atoms with E-state index in [1.807, 2.05) is 4.90 Å². The number of likely N-dealkylation sites (tertiary alicyclic amines) is 1.